The Bertz CT molecular complexity index is 305. The zero-order chi connectivity index (χ0) is 11.1. The Hall–Kier alpha value is -1.13. The maximum Gasteiger partial charge on any atom is 0.126 e. The summed E-state index contributed by atoms with van der Waals surface area (Å²) in [4.78, 5) is 0. The first-order chi connectivity index (χ1) is 7.24. The van der Waals surface area contributed by atoms with Crippen molar-refractivity contribution in [1.82, 2.24) is 0 Å². The van der Waals surface area contributed by atoms with E-state index >= 15 is 0 Å². The second kappa shape index (κ2) is 6.37. The average Bonchev–Trinajstić information content (AvgIpc) is 2.23. The summed E-state index contributed by atoms with van der Waals surface area (Å²) >= 11 is 0. The Morgan fingerprint density at radius 1 is 1.40 bits per heavy atom. The minimum atomic E-state index is -0.197. The number of aryl methyl sites for hydroxylation is 1. The van der Waals surface area contributed by atoms with Crippen LogP contribution >= 0.6 is 0 Å². The molecule has 0 heterocycles. The first-order valence-corrected chi connectivity index (χ1v) is 4.92. The SMILES string of the molecule is Cc1cc(NCCOCCO)ccc1F. The molecule has 0 saturated heterocycles. The van der Waals surface area contributed by atoms with E-state index in [2.05, 4.69) is 5.32 Å². The number of aliphatic hydroxyl groups excluding tert-OH is 1. The fraction of sp³-hybridized carbons (Fsp3) is 0.455. The van der Waals surface area contributed by atoms with Crippen LogP contribution in [0.4, 0.5) is 10.1 Å². The Morgan fingerprint density at radius 3 is 2.87 bits per heavy atom. The molecule has 0 fully saturated rings. The zero-order valence-corrected chi connectivity index (χ0v) is 8.79. The number of ether oxygens (including phenoxy) is 1. The summed E-state index contributed by atoms with van der Waals surface area (Å²) in [5, 5.41) is 11.6. The van der Waals surface area contributed by atoms with Crippen molar-refractivity contribution in [2.75, 3.05) is 31.7 Å². The Balaban J connectivity index is 2.28. The van der Waals surface area contributed by atoms with E-state index in [-0.39, 0.29) is 12.4 Å². The number of benzene rings is 1. The number of rotatable bonds is 6. The molecular formula is C11H16FNO2. The number of hydrogen-bond acceptors (Lipinski definition) is 3. The third kappa shape index (κ3) is 4.27. The molecule has 1 aromatic carbocycles. The number of nitrogens with one attached hydrogen (secondary N) is 1. The highest BCUT2D eigenvalue weighted by Gasteiger charge is 1.97. The number of aliphatic hydroxyl groups is 1. The van der Waals surface area contributed by atoms with Gasteiger partial charge in [0.1, 0.15) is 5.82 Å². The Kier molecular flexibility index (Phi) is 5.07. The van der Waals surface area contributed by atoms with Crippen molar-refractivity contribution in [3.63, 3.8) is 0 Å². The van der Waals surface area contributed by atoms with Crippen molar-refractivity contribution in [1.29, 1.82) is 0 Å². The van der Waals surface area contributed by atoms with Gasteiger partial charge in [-0.05, 0) is 30.7 Å². The predicted octanol–water partition coefficient (Wildman–Crippen LogP) is 1.55. The number of hydrogen-bond donors (Lipinski definition) is 2. The molecule has 2 N–H and O–H groups in total. The summed E-state index contributed by atoms with van der Waals surface area (Å²) in [6.45, 7) is 3.28. The smallest absolute Gasteiger partial charge is 0.126 e. The van der Waals surface area contributed by atoms with Crippen LogP contribution in [0.3, 0.4) is 0 Å². The second-order valence-corrected chi connectivity index (χ2v) is 3.23. The molecule has 3 nitrogen and oxygen atoms in total. The molecule has 1 aromatic rings. The fourth-order valence-electron chi connectivity index (χ4n) is 1.19. The van der Waals surface area contributed by atoms with E-state index in [1.165, 1.54) is 6.07 Å². The maximum absolute atomic E-state index is 12.9. The highest BCUT2D eigenvalue weighted by molar-refractivity contribution is 5.45. The normalized spacial score (nSPS) is 10.3. The quantitative estimate of drug-likeness (QED) is 0.704. The number of halogens is 1. The molecule has 0 spiro atoms. The lowest BCUT2D eigenvalue weighted by Gasteiger charge is -2.07. The van der Waals surface area contributed by atoms with Gasteiger partial charge in [0.15, 0.2) is 0 Å². The summed E-state index contributed by atoms with van der Waals surface area (Å²) in [5.74, 6) is -0.197. The monoisotopic (exact) mass is 213 g/mol. The zero-order valence-electron chi connectivity index (χ0n) is 8.79. The van der Waals surface area contributed by atoms with Crippen LogP contribution in [0.2, 0.25) is 0 Å². The molecule has 84 valence electrons. The van der Waals surface area contributed by atoms with Crippen molar-refractivity contribution in [2.24, 2.45) is 0 Å². The molecule has 0 saturated carbocycles. The van der Waals surface area contributed by atoms with Gasteiger partial charge in [-0.3, -0.25) is 0 Å². The van der Waals surface area contributed by atoms with Crippen molar-refractivity contribution in [2.45, 2.75) is 6.92 Å². The first kappa shape index (κ1) is 11.9. The van der Waals surface area contributed by atoms with Crippen LogP contribution in [0, 0.1) is 12.7 Å². The molecule has 0 atom stereocenters. The lowest BCUT2D eigenvalue weighted by molar-refractivity contribution is 0.0992. The molecular weight excluding hydrogens is 197 g/mol. The standard InChI is InChI=1S/C11H16FNO2/c1-9-8-10(2-3-11(9)12)13-4-6-15-7-5-14/h2-3,8,13-14H,4-7H2,1H3. The van der Waals surface area contributed by atoms with E-state index in [0.717, 1.165) is 5.69 Å². The summed E-state index contributed by atoms with van der Waals surface area (Å²) in [6, 6.07) is 4.88. The largest absolute Gasteiger partial charge is 0.394 e. The van der Waals surface area contributed by atoms with Gasteiger partial charge in [-0.25, -0.2) is 4.39 Å². The Morgan fingerprint density at radius 2 is 2.20 bits per heavy atom. The summed E-state index contributed by atoms with van der Waals surface area (Å²) in [6.07, 6.45) is 0. The van der Waals surface area contributed by atoms with E-state index in [0.29, 0.717) is 25.3 Å². The summed E-state index contributed by atoms with van der Waals surface area (Å²) in [7, 11) is 0. The van der Waals surface area contributed by atoms with E-state index in [9.17, 15) is 4.39 Å². The second-order valence-electron chi connectivity index (χ2n) is 3.23. The van der Waals surface area contributed by atoms with Crippen LogP contribution < -0.4 is 5.32 Å². The van der Waals surface area contributed by atoms with Crippen molar-refractivity contribution >= 4 is 5.69 Å². The minimum Gasteiger partial charge on any atom is -0.394 e. The van der Waals surface area contributed by atoms with E-state index in [1.54, 1.807) is 19.1 Å². The van der Waals surface area contributed by atoms with Crippen LogP contribution in [0.25, 0.3) is 0 Å². The molecule has 1 rings (SSSR count). The topological polar surface area (TPSA) is 41.5 Å². The van der Waals surface area contributed by atoms with Gasteiger partial charge in [-0.1, -0.05) is 0 Å². The van der Waals surface area contributed by atoms with Gasteiger partial charge in [0.05, 0.1) is 19.8 Å². The molecule has 0 amide bonds. The summed E-state index contributed by atoms with van der Waals surface area (Å²) < 4.78 is 18.0. The predicted molar refractivity (Wildman–Crippen MR) is 57.5 cm³/mol. The van der Waals surface area contributed by atoms with Gasteiger partial charge >= 0.3 is 0 Å². The highest BCUT2D eigenvalue weighted by Crippen LogP contribution is 2.12. The van der Waals surface area contributed by atoms with Crippen LogP contribution in [-0.4, -0.2) is 31.5 Å². The van der Waals surface area contributed by atoms with Gasteiger partial charge in [0.25, 0.3) is 0 Å². The van der Waals surface area contributed by atoms with Gasteiger partial charge in [0.2, 0.25) is 0 Å². The molecule has 0 bridgehead atoms. The van der Waals surface area contributed by atoms with E-state index in [1.807, 2.05) is 0 Å². The highest BCUT2D eigenvalue weighted by atomic mass is 19.1. The molecule has 15 heavy (non-hydrogen) atoms. The summed E-state index contributed by atoms with van der Waals surface area (Å²) in [5.41, 5.74) is 1.50. The van der Waals surface area contributed by atoms with Crippen molar-refractivity contribution in [3.05, 3.63) is 29.6 Å². The first-order valence-electron chi connectivity index (χ1n) is 4.92. The van der Waals surface area contributed by atoms with E-state index < -0.39 is 0 Å². The molecule has 0 radical (unpaired) electrons. The maximum atomic E-state index is 12.9. The molecule has 4 heteroatoms. The average molecular weight is 213 g/mol. The third-order valence-electron chi connectivity index (χ3n) is 1.97. The van der Waals surface area contributed by atoms with Crippen LogP contribution in [0.1, 0.15) is 5.56 Å². The van der Waals surface area contributed by atoms with Gasteiger partial charge < -0.3 is 15.2 Å². The molecule has 0 aliphatic carbocycles. The molecule has 0 aliphatic rings. The Labute approximate surface area is 88.9 Å². The molecule has 0 unspecified atom stereocenters. The molecule has 0 aliphatic heterocycles. The lowest BCUT2D eigenvalue weighted by atomic mass is 10.2. The van der Waals surface area contributed by atoms with Gasteiger partial charge in [-0.2, -0.15) is 0 Å². The third-order valence-corrected chi connectivity index (χ3v) is 1.97. The van der Waals surface area contributed by atoms with Crippen LogP contribution in [0.15, 0.2) is 18.2 Å². The van der Waals surface area contributed by atoms with Gasteiger partial charge in [-0.15, -0.1) is 0 Å². The van der Waals surface area contributed by atoms with Gasteiger partial charge in [0, 0.05) is 12.2 Å². The van der Waals surface area contributed by atoms with Crippen LogP contribution in [0.5, 0.6) is 0 Å². The van der Waals surface area contributed by atoms with Crippen molar-refractivity contribution in [3.8, 4) is 0 Å². The lowest BCUT2D eigenvalue weighted by Crippen LogP contribution is -2.11. The van der Waals surface area contributed by atoms with Crippen LogP contribution in [-0.2, 0) is 4.74 Å². The fourth-order valence-corrected chi connectivity index (χ4v) is 1.19. The molecule has 0 aromatic heterocycles. The van der Waals surface area contributed by atoms with E-state index in [4.69, 9.17) is 9.84 Å². The van der Waals surface area contributed by atoms with Crippen molar-refractivity contribution < 1.29 is 14.2 Å². The number of anilines is 1. The minimum absolute atomic E-state index is 0.0374.